The maximum atomic E-state index is 3.63. The van der Waals surface area contributed by atoms with Gasteiger partial charge in [-0.15, -0.1) is 0 Å². The minimum Gasteiger partial charge on any atom is -0.382 e. The normalized spacial score (nSPS) is 12.9. The molecule has 90 valence electrons. The van der Waals surface area contributed by atoms with Gasteiger partial charge in [0.15, 0.2) is 0 Å². The lowest BCUT2D eigenvalue weighted by atomic mass is 10.0. The van der Waals surface area contributed by atoms with E-state index in [9.17, 15) is 0 Å². The molecule has 0 spiro atoms. The van der Waals surface area contributed by atoms with Crippen LogP contribution in [0.5, 0.6) is 0 Å². The van der Waals surface area contributed by atoms with Crippen molar-refractivity contribution in [1.82, 2.24) is 0 Å². The van der Waals surface area contributed by atoms with Crippen molar-refractivity contribution in [2.75, 3.05) is 5.32 Å². The second-order valence-electron chi connectivity index (χ2n) is 4.95. The lowest BCUT2D eigenvalue weighted by Gasteiger charge is -2.18. The lowest BCUT2D eigenvalue weighted by Crippen LogP contribution is -2.16. The standard InChI is InChI=1S/C14H22BrN/c1-10(2)8-9-12(4)16-13-7-5-6-11(3)14(13)15/h5-7,10,12,16H,8-9H2,1-4H3. The summed E-state index contributed by atoms with van der Waals surface area (Å²) in [4.78, 5) is 0. The quantitative estimate of drug-likeness (QED) is 0.802. The van der Waals surface area contributed by atoms with Crippen LogP contribution in [-0.4, -0.2) is 6.04 Å². The fourth-order valence-electron chi connectivity index (χ4n) is 1.68. The molecule has 0 aliphatic rings. The van der Waals surface area contributed by atoms with Crippen LogP contribution in [0.4, 0.5) is 5.69 Å². The van der Waals surface area contributed by atoms with Gasteiger partial charge in [0.2, 0.25) is 0 Å². The molecule has 0 aliphatic carbocycles. The van der Waals surface area contributed by atoms with Crippen LogP contribution in [-0.2, 0) is 0 Å². The number of aryl methyl sites for hydroxylation is 1. The maximum absolute atomic E-state index is 3.63. The SMILES string of the molecule is Cc1cccc(NC(C)CCC(C)C)c1Br. The van der Waals surface area contributed by atoms with Gasteiger partial charge in [-0.05, 0) is 60.2 Å². The molecular formula is C14H22BrN. The van der Waals surface area contributed by atoms with E-state index in [-0.39, 0.29) is 0 Å². The van der Waals surface area contributed by atoms with E-state index in [1.807, 2.05) is 0 Å². The molecule has 0 radical (unpaired) electrons. The van der Waals surface area contributed by atoms with Crippen molar-refractivity contribution in [3.8, 4) is 0 Å². The maximum Gasteiger partial charge on any atom is 0.0489 e. The second-order valence-corrected chi connectivity index (χ2v) is 5.75. The van der Waals surface area contributed by atoms with Crippen molar-refractivity contribution in [3.05, 3.63) is 28.2 Å². The van der Waals surface area contributed by atoms with Crippen LogP contribution in [0, 0.1) is 12.8 Å². The Kier molecular flexibility index (Phi) is 5.33. The van der Waals surface area contributed by atoms with Crippen LogP contribution in [0.15, 0.2) is 22.7 Å². The van der Waals surface area contributed by atoms with E-state index in [0.29, 0.717) is 6.04 Å². The molecule has 0 heterocycles. The van der Waals surface area contributed by atoms with Crippen LogP contribution in [0.2, 0.25) is 0 Å². The Morgan fingerprint density at radius 2 is 1.88 bits per heavy atom. The number of rotatable bonds is 5. The van der Waals surface area contributed by atoms with Crippen molar-refractivity contribution in [3.63, 3.8) is 0 Å². The zero-order valence-corrected chi connectivity index (χ0v) is 12.3. The third-order valence-corrected chi connectivity index (χ3v) is 3.82. The van der Waals surface area contributed by atoms with E-state index in [0.717, 1.165) is 5.92 Å². The van der Waals surface area contributed by atoms with Crippen molar-refractivity contribution < 1.29 is 0 Å². The van der Waals surface area contributed by atoms with E-state index < -0.39 is 0 Å². The predicted octanol–water partition coefficient (Wildman–Crippen LogP) is 4.99. The average molecular weight is 284 g/mol. The van der Waals surface area contributed by atoms with Gasteiger partial charge >= 0.3 is 0 Å². The molecule has 1 atom stereocenters. The first kappa shape index (κ1) is 13.6. The number of nitrogens with one attached hydrogen (secondary N) is 1. The highest BCUT2D eigenvalue weighted by Crippen LogP contribution is 2.26. The number of halogens is 1. The zero-order chi connectivity index (χ0) is 12.1. The first-order valence-electron chi connectivity index (χ1n) is 6.02. The van der Waals surface area contributed by atoms with Crippen LogP contribution in [0.3, 0.4) is 0 Å². The third-order valence-electron chi connectivity index (χ3n) is 2.77. The highest BCUT2D eigenvalue weighted by molar-refractivity contribution is 9.10. The van der Waals surface area contributed by atoms with Gasteiger partial charge in [0, 0.05) is 16.2 Å². The summed E-state index contributed by atoms with van der Waals surface area (Å²) in [5.41, 5.74) is 2.48. The molecule has 0 amide bonds. The fourth-order valence-corrected chi connectivity index (χ4v) is 2.06. The Morgan fingerprint density at radius 3 is 2.50 bits per heavy atom. The van der Waals surface area contributed by atoms with Gasteiger partial charge in [0.1, 0.15) is 0 Å². The van der Waals surface area contributed by atoms with Gasteiger partial charge in [-0.1, -0.05) is 26.0 Å². The highest BCUT2D eigenvalue weighted by Gasteiger charge is 2.07. The minimum atomic E-state index is 0.528. The summed E-state index contributed by atoms with van der Waals surface area (Å²) >= 11 is 3.63. The van der Waals surface area contributed by atoms with E-state index in [1.165, 1.54) is 28.6 Å². The molecule has 1 rings (SSSR count). The topological polar surface area (TPSA) is 12.0 Å². The molecule has 1 aromatic carbocycles. The Bertz CT molecular complexity index is 334. The first-order valence-corrected chi connectivity index (χ1v) is 6.81. The van der Waals surface area contributed by atoms with Crippen molar-refractivity contribution in [2.45, 2.75) is 46.6 Å². The minimum absolute atomic E-state index is 0.528. The molecule has 0 saturated carbocycles. The molecule has 0 aliphatic heterocycles. The van der Waals surface area contributed by atoms with Gasteiger partial charge < -0.3 is 5.32 Å². The predicted molar refractivity (Wildman–Crippen MR) is 76.0 cm³/mol. The molecule has 1 N–H and O–H groups in total. The number of anilines is 1. The number of benzene rings is 1. The molecule has 0 aromatic heterocycles. The van der Waals surface area contributed by atoms with E-state index in [4.69, 9.17) is 0 Å². The second kappa shape index (κ2) is 6.29. The third kappa shape index (κ3) is 4.17. The van der Waals surface area contributed by atoms with Crippen LogP contribution >= 0.6 is 15.9 Å². The Hall–Kier alpha value is -0.500. The lowest BCUT2D eigenvalue weighted by molar-refractivity contribution is 0.527. The molecule has 0 bridgehead atoms. The van der Waals surface area contributed by atoms with Crippen molar-refractivity contribution in [2.24, 2.45) is 5.92 Å². The summed E-state index contributed by atoms with van der Waals surface area (Å²) in [6, 6.07) is 6.87. The molecule has 1 aromatic rings. The van der Waals surface area contributed by atoms with Gasteiger partial charge in [0.25, 0.3) is 0 Å². The molecular weight excluding hydrogens is 262 g/mol. The molecule has 1 nitrogen and oxygen atoms in total. The van der Waals surface area contributed by atoms with Crippen molar-refractivity contribution in [1.29, 1.82) is 0 Å². The van der Waals surface area contributed by atoms with Gasteiger partial charge in [-0.25, -0.2) is 0 Å². The summed E-state index contributed by atoms with van der Waals surface area (Å²) in [5, 5.41) is 3.56. The summed E-state index contributed by atoms with van der Waals surface area (Å²) in [5.74, 6) is 0.783. The van der Waals surface area contributed by atoms with E-state index >= 15 is 0 Å². The fraction of sp³-hybridized carbons (Fsp3) is 0.571. The van der Waals surface area contributed by atoms with Gasteiger partial charge in [-0.2, -0.15) is 0 Å². The zero-order valence-electron chi connectivity index (χ0n) is 10.7. The largest absolute Gasteiger partial charge is 0.382 e. The van der Waals surface area contributed by atoms with Crippen LogP contribution in [0.1, 0.15) is 39.2 Å². The monoisotopic (exact) mass is 283 g/mol. The summed E-state index contributed by atoms with van der Waals surface area (Å²) < 4.78 is 1.19. The first-order chi connectivity index (χ1) is 7.50. The number of hydrogen-bond acceptors (Lipinski definition) is 1. The Morgan fingerprint density at radius 1 is 1.19 bits per heavy atom. The highest BCUT2D eigenvalue weighted by atomic mass is 79.9. The average Bonchev–Trinajstić information content (AvgIpc) is 2.22. The molecule has 16 heavy (non-hydrogen) atoms. The van der Waals surface area contributed by atoms with Crippen molar-refractivity contribution >= 4 is 21.6 Å². The molecule has 0 fully saturated rings. The summed E-state index contributed by atoms with van der Waals surface area (Å²) in [6.45, 7) is 8.91. The van der Waals surface area contributed by atoms with Crippen LogP contribution in [0.25, 0.3) is 0 Å². The van der Waals surface area contributed by atoms with Crippen LogP contribution < -0.4 is 5.32 Å². The summed E-state index contributed by atoms with van der Waals surface area (Å²) in [6.07, 6.45) is 2.50. The van der Waals surface area contributed by atoms with E-state index in [2.05, 4.69) is 67.1 Å². The smallest absolute Gasteiger partial charge is 0.0489 e. The van der Waals surface area contributed by atoms with Gasteiger partial charge in [-0.3, -0.25) is 0 Å². The summed E-state index contributed by atoms with van der Waals surface area (Å²) in [7, 11) is 0. The molecule has 1 unspecified atom stereocenters. The van der Waals surface area contributed by atoms with E-state index in [1.54, 1.807) is 0 Å². The number of hydrogen-bond donors (Lipinski definition) is 1. The molecule has 0 saturated heterocycles. The Labute approximate surface area is 108 Å². The van der Waals surface area contributed by atoms with Gasteiger partial charge in [0.05, 0.1) is 0 Å². The Balaban J connectivity index is 2.56. The molecule has 2 heteroatoms.